The molecule has 5 heteroatoms. The number of halogens is 1. The summed E-state index contributed by atoms with van der Waals surface area (Å²) in [5.74, 6) is -0.389. The van der Waals surface area contributed by atoms with Gasteiger partial charge in [0.1, 0.15) is 0 Å². The maximum Gasteiger partial charge on any atom is 0.338 e. The minimum absolute atomic E-state index is 0.335. The molecule has 0 radical (unpaired) electrons. The van der Waals surface area contributed by atoms with Gasteiger partial charge in [-0.3, -0.25) is 0 Å². The summed E-state index contributed by atoms with van der Waals surface area (Å²) in [5, 5.41) is 0.516. The largest absolute Gasteiger partial charge is 0.462 e. The molecule has 110 valence electrons. The number of carbonyl (C=O) groups excluding carboxylic acids is 1. The first-order valence-corrected chi connectivity index (χ1v) is 7.45. The van der Waals surface area contributed by atoms with E-state index < -0.39 is 0 Å². The zero-order valence-corrected chi connectivity index (χ0v) is 12.7. The number of anilines is 2. The summed E-state index contributed by atoms with van der Waals surface area (Å²) in [5.41, 5.74) is 7.90. The predicted molar refractivity (Wildman–Crippen MR) is 82.5 cm³/mol. The number of esters is 1. The van der Waals surface area contributed by atoms with Gasteiger partial charge in [0.2, 0.25) is 0 Å². The Kier molecular flexibility index (Phi) is 4.76. The number of hydrogen-bond donors (Lipinski definition) is 1. The van der Waals surface area contributed by atoms with Crippen molar-refractivity contribution >= 4 is 28.9 Å². The molecular weight excluding hydrogens is 276 g/mol. The Balaban J connectivity index is 2.33. The van der Waals surface area contributed by atoms with Crippen molar-refractivity contribution in [3.8, 4) is 0 Å². The third-order valence-corrected chi connectivity index (χ3v) is 3.98. The second-order valence-corrected chi connectivity index (χ2v) is 5.56. The first-order valence-electron chi connectivity index (χ1n) is 7.07. The number of rotatable bonds is 3. The summed E-state index contributed by atoms with van der Waals surface area (Å²) in [6, 6.07) is 3.71. The quantitative estimate of drug-likeness (QED) is 0.685. The van der Waals surface area contributed by atoms with Crippen LogP contribution in [0.15, 0.2) is 12.1 Å². The van der Waals surface area contributed by atoms with Crippen LogP contribution in [0.1, 0.15) is 43.5 Å². The molecule has 0 aromatic heterocycles. The van der Waals surface area contributed by atoms with E-state index in [0.717, 1.165) is 25.1 Å². The normalized spacial score (nSPS) is 18.9. The molecule has 0 amide bonds. The molecule has 1 heterocycles. The average molecular weight is 297 g/mol. The first kappa shape index (κ1) is 15.0. The Morgan fingerprint density at radius 1 is 1.50 bits per heavy atom. The molecule has 1 aliphatic rings. The fourth-order valence-electron chi connectivity index (χ4n) is 2.69. The maximum atomic E-state index is 11.8. The second kappa shape index (κ2) is 6.35. The number of carbonyl (C=O) groups is 1. The minimum Gasteiger partial charge on any atom is -0.462 e. The van der Waals surface area contributed by atoms with Gasteiger partial charge in [-0.1, -0.05) is 11.6 Å². The number of nitrogens with zero attached hydrogens (tertiary/aromatic N) is 1. The number of hydrogen-bond acceptors (Lipinski definition) is 4. The Morgan fingerprint density at radius 2 is 2.25 bits per heavy atom. The highest BCUT2D eigenvalue weighted by Gasteiger charge is 2.24. The van der Waals surface area contributed by atoms with Crippen molar-refractivity contribution in [3.63, 3.8) is 0 Å². The van der Waals surface area contributed by atoms with Crippen LogP contribution in [-0.4, -0.2) is 25.2 Å². The molecule has 1 aromatic rings. The zero-order valence-electron chi connectivity index (χ0n) is 12.0. The number of ether oxygens (including phenoxy) is 1. The molecule has 0 unspecified atom stereocenters. The molecule has 1 aliphatic heterocycles. The summed E-state index contributed by atoms with van der Waals surface area (Å²) in [4.78, 5) is 14.0. The number of benzene rings is 1. The van der Waals surface area contributed by atoms with Crippen LogP contribution in [-0.2, 0) is 4.74 Å². The summed E-state index contributed by atoms with van der Waals surface area (Å²) in [6.07, 6.45) is 3.51. The number of piperidine rings is 1. The van der Waals surface area contributed by atoms with E-state index in [4.69, 9.17) is 22.1 Å². The highest BCUT2D eigenvalue weighted by Crippen LogP contribution is 2.37. The van der Waals surface area contributed by atoms with Crippen LogP contribution in [0.3, 0.4) is 0 Å². The van der Waals surface area contributed by atoms with Gasteiger partial charge in [-0.15, -0.1) is 0 Å². The molecule has 2 rings (SSSR count). The SMILES string of the molecule is CCOC(=O)c1cc(N)c(N2CCCC[C@@H]2C)c(Cl)c1. The lowest BCUT2D eigenvalue weighted by atomic mass is 10.0. The second-order valence-electron chi connectivity index (χ2n) is 5.15. The van der Waals surface area contributed by atoms with E-state index in [1.54, 1.807) is 19.1 Å². The van der Waals surface area contributed by atoms with Crippen LogP contribution in [0.2, 0.25) is 5.02 Å². The molecular formula is C15H21ClN2O2. The van der Waals surface area contributed by atoms with Gasteiger partial charge in [-0.2, -0.15) is 0 Å². The minimum atomic E-state index is -0.389. The van der Waals surface area contributed by atoms with Crippen LogP contribution in [0, 0.1) is 0 Å². The smallest absolute Gasteiger partial charge is 0.338 e. The molecule has 1 fully saturated rings. The van der Waals surface area contributed by atoms with Crippen LogP contribution in [0.5, 0.6) is 0 Å². The van der Waals surface area contributed by atoms with Crippen molar-refractivity contribution in [3.05, 3.63) is 22.7 Å². The molecule has 20 heavy (non-hydrogen) atoms. The third kappa shape index (κ3) is 3.01. The van der Waals surface area contributed by atoms with E-state index in [1.807, 2.05) is 0 Å². The monoisotopic (exact) mass is 296 g/mol. The molecule has 0 aliphatic carbocycles. The van der Waals surface area contributed by atoms with E-state index in [2.05, 4.69) is 11.8 Å². The fourth-order valence-corrected chi connectivity index (χ4v) is 3.02. The fraction of sp³-hybridized carbons (Fsp3) is 0.533. The first-order chi connectivity index (χ1) is 9.54. The highest BCUT2D eigenvalue weighted by molar-refractivity contribution is 6.34. The van der Waals surface area contributed by atoms with Gasteiger partial charge in [0.15, 0.2) is 0 Å². The van der Waals surface area contributed by atoms with Crippen molar-refractivity contribution in [1.82, 2.24) is 0 Å². The van der Waals surface area contributed by atoms with Crippen molar-refractivity contribution in [2.75, 3.05) is 23.8 Å². The third-order valence-electron chi connectivity index (χ3n) is 3.69. The molecule has 1 saturated heterocycles. The van der Waals surface area contributed by atoms with Gasteiger partial charge >= 0.3 is 5.97 Å². The summed E-state index contributed by atoms with van der Waals surface area (Å²) < 4.78 is 4.98. The summed E-state index contributed by atoms with van der Waals surface area (Å²) in [7, 11) is 0. The molecule has 1 aromatic carbocycles. The zero-order chi connectivity index (χ0) is 14.7. The Bertz CT molecular complexity index is 482. The van der Waals surface area contributed by atoms with E-state index >= 15 is 0 Å². The van der Waals surface area contributed by atoms with Crippen LogP contribution in [0.4, 0.5) is 11.4 Å². The van der Waals surface area contributed by atoms with Crippen molar-refractivity contribution < 1.29 is 9.53 Å². The van der Waals surface area contributed by atoms with Crippen LogP contribution in [0.25, 0.3) is 0 Å². The van der Waals surface area contributed by atoms with Crippen LogP contribution < -0.4 is 10.6 Å². The van der Waals surface area contributed by atoms with E-state index in [9.17, 15) is 4.79 Å². The Morgan fingerprint density at radius 3 is 2.85 bits per heavy atom. The molecule has 0 spiro atoms. The predicted octanol–water partition coefficient (Wildman–Crippen LogP) is 3.48. The van der Waals surface area contributed by atoms with Gasteiger partial charge in [-0.25, -0.2) is 4.79 Å². The van der Waals surface area contributed by atoms with Gasteiger partial charge < -0.3 is 15.4 Å². The summed E-state index contributed by atoms with van der Waals surface area (Å²) >= 11 is 6.35. The van der Waals surface area contributed by atoms with Gasteiger partial charge in [0, 0.05) is 12.6 Å². The van der Waals surface area contributed by atoms with Gasteiger partial charge in [0.25, 0.3) is 0 Å². The van der Waals surface area contributed by atoms with Gasteiger partial charge in [0.05, 0.1) is 28.6 Å². The van der Waals surface area contributed by atoms with E-state index in [1.165, 1.54) is 6.42 Å². The lowest BCUT2D eigenvalue weighted by molar-refractivity contribution is 0.0526. The average Bonchev–Trinajstić information content (AvgIpc) is 2.40. The van der Waals surface area contributed by atoms with E-state index in [-0.39, 0.29) is 5.97 Å². The topological polar surface area (TPSA) is 55.6 Å². The van der Waals surface area contributed by atoms with E-state index in [0.29, 0.717) is 28.9 Å². The maximum absolute atomic E-state index is 11.8. The highest BCUT2D eigenvalue weighted by atomic mass is 35.5. The van der Waals surface area contributed by atoms with Crippen molar-refractivity contribution in [2.45, 2.75) is 39.2 Å². The van der Waals surface area contributed by atoms with Crippen LogP contribution >= 0.6 is 11.6 Å². The number of nitrogen functional groups attached to an aromatic ring is 1. The summed E-state index contributed by atoms with van der Waals surface area (Å²) in [6.45, 7) is 5.23. The molecule has 4 nitrogen and oxygen atoms in total. The van der Waals surface area contributed by atoms with Gasteiger partial charge in [-0.05, 0) is 45.2 Å². The molecule has 1 atom stereocenters. The molecule has 0 bridgehead atoms. The Labute approximate surface area is 124 Å². The lowest BCUT2D eigenvalue weighted by Gasteiger charge is -2.36. The lowest BCUT2D eigenvalue weighted by Crippen LogP contribution is -2.38. The van der Waals surface area contributed by atoms with Crippen molar-refractivity contribution in [1.29, 1.82) is 0 Å². The van der Waals surface area contributed by atoms with Crippen molar-refractivity contribution in [2.24, 2.45) is 0 Å². The number of nitrogens with two attached hydrogens (primary N) is 1. The molecule has 0 saturated carbocycles. The Hall–Kier alpha value is -1.42. The standard InChI is InChI=1S/C15H21ClN2O2/c1-3-20-15(19)11-8-12(16)14(13(17)9-11)18-7-5-4-6-10(18)2/h8-10H,3-7,17H2,1-2H3/t10-/m0/s1. The molecule has 2 N–H and O–H groups in total.